The molecule has 0 aliphatic heterocycles. The molecule has 2 N–H and O–H groups in total. The Morgan fingerprint density at radius 3 is 2.74 bits per heavy atom. The standard InChI is InChI=1S/C13H20N2O4/c1-4-10-5-9(13(16)17)6-12(15-10)14-7-11(19-3)8-18-2/h5-6,11H,4,7-8H2,1-3H3,(H,14,15)(H,16,17). The molecule has 0 aliphatic rings. The lowest BCUT2D eigenvalue weighted by molar-refractivity contribution is 0.0365. The molecule has 1 unspecified atom stereocenters. The molecule has 6 heteroatoms. The monoisotopic (exact) mass is 268 g/mol. The van der Waals surface area contributed by atoms with E-state index in [0.29, 0.717) is 25.4 Å². The summed E-state index contributed by atoms with van der Waals surface area (Å²) >= 11 is 0. The molecule has 106 valence electrons. The summed E-state index contributed by atoms with van der Waals surface area (Å²) < 4.78 is 10.2. The summed E-state index contributed by atoms with van der Waals surface area (Å²) in [6.45, 7) is 2.90. The molecule has 6 nitrogen and oxygen atoms in total. The van der Waals surface area contributed by atoms with E-state index in [1.165, 1.54) is 6.07 Å². The zero-order chi connectivity index (χ0) is 14.3. The van der Waals surface area contributed by atoms with Crippen LogP contribution in [-0.4, -0.2) is 49.5 Å². The first-order valence-corrected chi connectivity index (χ1v) is 6.10. The Morgan fingerprint density at radius 1 is 1.47 bits per heavy atom. The number of aryl methyl sites for hydroxylation is 1. The molecule has 0 bridgehead atoms. The van der Waals surface area contributed by atoms with Crippen molar-refractivity contribution in [2.24, 2.45) is 0 Å². The molecule has 0 radical (unpaired) electrons. The van der Waals surface area contributed by atoms with Crippen molar-refractivity contribution >= 4 is 11.8 Å². The average Bonchev–Trinajstić information content (AvgIpc) is 2.42. The van der Waals surface area contributed by atoms with Crippen molar-refractivity contribution in [3.05, 3.63) is 23.4 Å². The lowest BCUT2D eigenvalue weighted by atomic mass is 10.2. The van der Waals surface area contributed by atoms with Gasteiger partial charge in [0.25, 0.3) is 0 Å². The number of hydrogen-bond donors (Lipinski definition) is 2. The number of hydrogen-bond acceptors (Lipinski definition) is 5. The van der Waals surface area contributed by atoms with Gasteiger partial charge >= 0.3 is 5.97 Å². The number of rotatable bonds is 8. The van der Waals surface area contributed by atoms with Crippen LogP contribution in [0.5, 0.6) is 0 Å². The van der Waals surface area contributed by atoms with Gasteiger partial charge in [0.2, 0.25) is 0 Å². The fraction of sp³-hybridized carbons (Fsp3) is 0.538. The molecule has 1 atom stereocenters. The Kier molecular flexibility index (Phi) is 6.24. The van der Waals surface area contributed by atoms with Crippen LogP contribution in [0.4, 0.5) is 5.82 Å². The minimum atomic E-state index is -0.958. The second-order valence-electron chi connectivity index (χ2n) is 4.09. The largest absolute Gasteiger partial charge is 0.478 e. The number of methoxy groups -OCH3 is 2. The van der Waals surface area contributed by atoms with Gasteiger partial charge in [0.15, 0.2) is 0 Å². The summed E-state index contributed by atoms with van der Waals surface area (Å²) in [5.41, 5.74) is 0.971. The van der Waals surface area contributed by atoms with Gasteiger partial charge in [-0.3, -0.25) is 0 Å². The maximum atomic E-state index is 11.0. The zero-order valence-corrected chi connectivity index (χ0v) is 11.5. The maximum Gasteiger partial charge on any atom is 0.335 e. The Labute approximate surface area is 112 Å². The molecular weight excluding hydrogens is 248 g/mol. The van der Waals surface area contributed by atoms with Crippen LogP contribution in [0, 0.1) is 0 Å². The lowest BCUT2D eigenvalue weighted by Crippen LogP contribution is -2.27. The molecule has 0 fully saturated rings. The number of nitrogens with zero attached hydrogens (tertiary/aromatic N) is 1. The van der Waals surface area contributed by atoms with Crippen molar-refractivity contribution < 1.29 is 19.4 Å². The first-order chi connectivity index (χ1) is 9.10. The molecule has 1 rings (SSSR count). The van der Waals surface area contributed by atoms with Crippen molar-refractivity contribution in [2.45, 2.75) is 19.4 Å². The minimum Gasteiger partial charge on any atom is -0.478 e. The highest BCUT2D eigenvalue weighted by Gasteiger charge is 2.10. The molecular formula is C13H20N2O4. The predicted octanol–water partition coefficient (Wildman–Crippen LogP) is 1.42. The van der Waals surface area contributed by atoms with E-state index in [2.05, 4.69) is 10.3 Å². The molecule has 0 saturated heterocycles. The third-order valence-corrected chi connectivity index (χ3v) is 2.68. The van der Waals surface area contributed by atoms with Crippen LogP contribution in [0.1, 0.15) is 23.0 Å². The number of nitrogens with one attached hydrogen (secondary N) is 1. The second-order valence-corrected chi connectivity index (χ2v) is 4.09. The van der Waals surface area contributed by atoms with Gasteiger partial charge in [-0.05, 0) is 18.6 Å². The van der Waals surface area contributed by atoms with Crippen LogP contribution in [0.3, 0.4) is 0 Å². The van der Waals surface area contributed by atoms with Gasteiger partial charge in [-0.1, -0.05) is 6.92 Å². The second kappa shape index (κ2) is 7.70. The predicted molar refractivity (Wildman–Crippen MR) is 71.7 cm³/mol. The quantitative estimate of drug-likeness (QED) is 0.742. The van der Waals surface area contributed by atoms with E-state index < -0.39 is 5.97 Å². The third kappa shape index (κ3) is 4.84. The summed E-state index contributed by atoms with van der Waals surface area (Å²) in [6.07, 6.45) is 0.576. The minimum absolute atomic E-state index is 0.106. The van der Waals surface area contributed by atoms with Gasteiger partial charge < -0.3 is 19.9 Å². The van der Waals surface area contributed by atoms with Gasteiger partial charge in [-0.2, -0.15) is 0 Å². The Balaban J connectivity index is 2.76. The topological polar surface area (TPSA) is 80.7 Å². The summed E-state index contributed by atoms with van der Waals surface area (Å²) in [7, 11) is 3.20. The van der Waals surface area contributed by atoms with Gasteiger partial charge in [-0.25, -0.2) is 9.78 Å². The fourth-order valence-corrected chi connectivity index (χ4v) is 1.60. The number of aromatic nitrogens is 1. The molecule has 1 aromatic heterocycles. The van der Waals surface area contributed by atoms with Crippen molar-refractivity contribution in [1.82, 2.24) is 4.98 Å². The van der Waals surface area contributed by atoms with Gasteiger partial charge in [-0.15, -0.1) is 0 Å². The highest BCUT2D eigenvalue weighted by Crippen LogP contribution is 2.11. The van der Waals surface area contributed by atoms with E-state index in [-0.39, 0.29) is 11.7 Å². The average molecular weight is 268 g/mol. The molecule has 0 aromatic carbocycles. The lowest BCUT2D eigenvalue weighted by Gasteiger charge is -2.16. The van der Waals surface area contributed by atoms with Crippen LogP contribution >= 0.6 is 0 Å². The Bertz CT molecular complexity index is 423. The van der Waals surface area contributed by atoms with E-state index in [0.717, 1.165) is 5.69 Å². The summed E-state index contributed by atoms with van der Waals surface area (Å²) in [6, 6.07) is 3.09. The molecule has 0 spiro atoms. The van der Waals surface area contributed by atoms with E-state index in [1.807, 2.05) is 6.92 Å². The summed E-state index contributed by atoms with van der Waals surface area (Å²) in [4.78, 5) is 15.3. The van der Waals surface area contributed by atoms with Gasteiger partial charge in [0.1, 0.15) is 5.82 Å². The number of carbonyl (C=O) groups is 1. The summed E-state index contributed by atoms with van der Waals surface area (Å²) in [5.74, 6) is -0.421. The molecule has 0 aliphatic carbocycles. The molecule has 0 amide bonds. The molecule has 0 saturated carbocycles. The molecule has 19 heavy (non-hydrogen) atoms. The maximum absolute atomic E-state index is 11.0. The number of carboxylic acids is 1. The van der Waals surface area contributed by atoms with Crippen molar-refractivity contribution in [3.8, 4) is 0 Å². The van der Waals surface area contributed by atoms with Crippen LogP contribution in [0.15, 0.2) is 12.1 Å². The normalized spacial score (nSPS) is 12.2. The third-order valence-electron chi connectivity index (χ3n) is 2.68. The van der Waals surface area contributed by atoms with E-state index in [4.69, 9.17) is 14.6 Å². The van der Waals surface area contributed by atoms with Crippen LogP contribution < -0.4 is 5.32 Å². The first kappa shape index (κ1) is 15.4. The highest BCUT2D eigenvalue weighted by atomic mass is 16.5. The first-order valence-electron chi connectivity index (χ1n) is 6.10. The molecule has 1 heterocycles. The van der Waals surface area contributed by atoms with Crippen molar-refractivity contribution in [3.63, 3.8) is 0 Å². The van der Waals surface area contributed by atoms with Crippen LogP contribution in [-0.2, 0) is 15.9 Å². The van der Waals surface area contributed by atoms with Crippen molar-refractivity contribution in [1.29, 1.82) is 0 Å². The molecule has 1 aromatic rings. The van der Waals surface area contributed by atoms with Crippen molar-refractivity contribution in [2.75, 3.05) is 32.7 Å². The van der Waals surface area contributed by atoms with E-state index in [1.54, 1.807) is 20.3 Å². The number of anilines is 1. The Morgan fingerprint density at radius 2 is 2.21 bits per heavy atom. The SMILES string of the molecule is CCc1cc(C(=O)O)cc(NCC(COC)OC)n1. The smallest absolute Gasteiger partial charge is 0.335 e. The zero-order valence-electron chi connectivity index (χ0n) is 11.5. The number of ether oxygens (including phenoxy) is 2. The fourth-order valence-electron chi connectivity index (χ4n) is 1.60. The van der Waals surface area contributed by atoms with E-state index in [9.17, 15) is 4.79 Å². The van der Waals surface area contributed by atoms with Gasteiger partial charge in [0.05, 0.1) is 18.3 Å². The number of carboxylic acid groups (broad SMARTS) is 1. The van der Waals surface area contributed by atoms with Gasteiger partial charge in [0, 0.05) is 26.5 Å². The number of pyridine rings is 1. The van der Waals surface area contributed by atoms with E-state index >= 15 is 0 Å². The Hall–Kier alpha value is -1.66. The number of aromatic carboxylic acids is 1. The highest BCUT2D eigenvalue weighted by molar-refractivity contribution is 5.88. The van der Waals surface area contributed by atoms with Crippen LogP contribution in [0.2, 0.25) is 0 Å². The van der Waals surface area contributed by atoms with Crippen LogP contribution in [0.25, 0.3) is 0 Å². The summed E-state index contributed by atoms with van der Waals surface area (Å²) in [5, 5.41) is 12.1.